The molecule has 0 aliphatic heterocycles. The molecule has 108 valence electrons. The number of anilines is 2. The molecule has 20 heavy (non-hydrogen) atoms. The molecule has 0 aliphatic carbocycles. The summed E-state index contributed by atoms with van der Waals surface area (Å²) in [5, 5.41) is 3.43. The lowest BCUT2D eigenvalue weighted by molar-refractivity contribution is 0.142. The summed E-state index contributed by atoms with van der Waals surface area (Å²) in [6, 6.07) is 4.22. The zero-order valence-corrected chi connectivity index (χ0v) is 12.0. The zero-order valence-electron chi connectivity index (χ0n) is 11.3. The number of hydrogen-bond donors (Lipinski definition) is 1. The second kappa shape index (κ2) is 7.26. The fraction of sp³-hybridized carbons (Fsp3) is 0.357. The quantitative estimate of drug-likeness (QED) is 0.789. The van der Waals surface area contributed by atoms with Crippen LogP contribution in [0.4, 0.5) is 16.0 Å². The lowest BCUT2D eigenvalue weighted by Gasteiger charge is -2.11. The Hall–Kier alpha value is -1.59. The average molecular weight is 298 g/mol. The summed E-state index contributed by atoms with van der Waals surface area (Å²) in [4.78, 5) is 4.23. The predicted octanol–water partition coefficient (Wildman–Crippen LogP) is 3.85. The van der Waals surface area contributed by atoms with Crippen LogP contribution in [-0.4, -0.2) is 22.8 Å². The molecule has 1 aromatic heterocycles. The fourth-order valence-corrected chi connectivity index (χ4v) is 2.02. The molecule has 0 radical (unpaired) electrons. The van der Waals surface area contributed by atoms with Gasteiger partial charge in [0.2, 0.25) is 5.95 Å². The Bertz CT molecular complexity index is 559. The minimum absolute atomic E-state index is 0.328. The Balaban J connectivity index is 2.01. The predicted molar refractivity (Wildman–Crippen MR) is 78.0 cm³/mol. The molecule has 0 atom stereocenters. The summed E-state index contributed by atoms with van der Waals surface area (Å²) in [6.07, 6.45) is 4.49. The number of hydrogen-bond acceptors (Lipinski definition) is 3. The van der Waals surface area contributed by atoms with Crippen molar-refractivity contribution in [3.63, 3.8) is 0 Å². The van der Waals surface area contributed by atoms with Crippen molar-refractivity contribution in [3.8, 4) is 0 Å². The van der Waals surface area contributed by atoms with Crippen LogP contribution >= 0.6 is 11.6 Å². The molecule has 0 amide bonds. The number of benzene rings is 1. The maximum Gasteiger partial charge on any atom is 0.207 e. The second-order valence-electron chi connectivity index (χ2n) is 4.24. The summed E-state index contributed by atoms with van der Waals surface area (Å²) in [5.74, 6) is 0.315. The molecule has 0 saturated heterocycles. The van der Waals surface area contributed by atoms with Crippen LogP contribution in [0.3, 0.4) is 0 Å². The van der Waals surface area contributed by atoms with Crippen molar-refractivity contribution in [2.75, 3.05) is 18.5 Å². The maximum atomic E-state index is 13.0. The molecule has 4 nitrogen and oxygen atoms in total. The van der Waals surface area contributed by atoms with Gasteiger partial charge < -0.3 is 14.6 Å². The third kappa shape index (κ3) is 3.95. The lowest BCUT2D eigenvalue weighted by atomic mass is 10.3. The van der Waals surface area contributed by atoms with Crippen LogP contribution in [0.2, 0.25) is 5.02 Å². The Kier molecular flexibility index (Phi) is 5.38. The van der Waals surface area contributed by atoms with Crippen LogP contribution in [0.25, 0.3) is 0 Å². The third-order valence-electron chi connectivity index (χ3n) is 2.78. The number of aryl methyl sites for hydroxylation is 1. The van der Waals surface area contributed by atoms with Gasteiger partial charge in [0.05, 0.1) is 10.7 Å². The molecule has 0 bridgehead atoms. The molecule has 0 aliphatic rings. The molecule has 1 heterocycles. The molecule has 2 aromatic rings. The molecule has 1 aromatic carbocycles. The van der Waals surface area contributed by atoms with Gasteiger partial charge in [0, 0.05) is 32.2 Å². The molecular weight excluding hydrogens is 281 g/mol. The highest BCUT2D eigenvalue weighted by Crippen LogP contribution is 2.25. The molecule has 1 N–H and O–H groups in total. The van der Waals surface area contributed by atoms with Crippen LogP contribution in [0.5, 0.6) is 0 Å². The zero-order chi connectivity index (χ0) is 14.4. The summed E-state index contributed by atoms with van der Waals surface area (Å²) < 4.78 is 20.3. The Labute approximate surface area is 122 Å². The first-order chi connectivity index (χ1) is 9.70. The number of nitrogens with zero attached hydrogens (tertiary/aromatic N) is 2. The number of ether oxygens (including phenoxy) is 1. The lowest BCUT2D eigenvalue weighted by Crippen LogP contribution is -2.06. The number of imidazole rings is 1. The van der Waals surface area contributed by atoms with Crippen LogP contribution in [0, 0.1) is 5.82 Å². The van der Waals surface area contributed by atoms with Crippen molar-refractivity contribution in [1.29, 1.82) is 0 Å². The standard InChI is InChI=1S/C14H17ClFN3O/c1-2-20-9-3-7-19-8-6-17-14(19)18-13-5-4-11(16)10-12(13)15/h4-6,8,10H,2-3,7,9H2,1H3,(H,17,18). The molecule has 6 heteroatoms. The van der Waals surface area contributed by atoms with E-state index in [1.54, 1.807) is 12.3 Å². The molecular formula is C14H17ClFN3O. The maximum absolute atomic E-state index is 13.0. The molecule has 0 fully saturated rings. The average Bonchev–Trinajstić information content (AvgIpc) is 2.85. The summed E-state index contributed by atoms with van der Waals surface area (Å²) in [6.45, 7) is 4.20. The molecule has 0 unspecified atom stereocenters. The SMILES string of the molecule is CCOCCCn1ccnc1Nc1ccc(F)cc1Cl. The van der Waals surface area contributed by atoms with E-state index in [9.17, 15) is 4.39 Å². The largest absolute Gasteiger partial charge is 0.382 e. The van der Waals surface area contributed by atoms with Gasteiger partial charge in [-0.15, -0.1) is 0 Å². The first kappa shape index (κ1) is 14.8. The normalized spacial score (nSPS) is 10.8. The molecule has 2 rings (SSSR count). The van der Waals surface area contributed by atoms with E-state index in [4.69, 9.17) is 16.3 Å². The first-order valence-corrected chi connectivity index (χ1v) is 6.89. The number of rotatable bonds is 7. The van der Waals surface area contributed by atoms with Crippen molar-refractivity contribution < 1.29 is 9.13 Å². The van der Waals surface area contributed by atoms with E-state index in [2.05, 4.69) is 10.3 Å². The highest BCUT2D eigenvalue weighted by molar-refractivity contribution is 6.33. The van der Waals surface area contributed by atoms with Gasteiger partial charge in [0.1, 0.15) is 5.82 Å². The van der Waals surface area contributed by atoms with Gasteiger partial charge in [-0.3, -0.25) is 0 Å². The second-order valence-corrected chi connectivity index (χ2v) is 4.65. The van der Waals surface area contributed by atoms with E-state index in [1.807, 2.05) is 17.7 Å². The van der Waals surface area contributed by atoms with E-state index in [0.29, 0.717) is 23.3 Å². The summed E-state index contributed by atoms with van der Waals surface area (Å²) >= 11 is 5.98. The smallest absolute Gasteiger partial charge is 0.207 e. The number of halogens is 2. The van der Waals surface area contributed by atoms with E-state index in [-0.39, 0.29) is 5.82 Å². The fourth-order valence-electron chi connectivity index (χ4n) is 1.81. The van der Waals surface area contributed by atoms with Gasteiger partial charge in [-0.1, -0.05) is 11.6 Å². The van der Waals surface area contributed by atoms with Gasteiger partial charge in [-0.05, 0) is 31.5 Å². The van der Waals surface area contributed by atoms with Crippen LogP contribution in [0.15, 0.2) is 30.6 Å². The van der Waals surface area contributed by atoms with Gasteiger partial charge >= 0.3 is 0 Å². The van der Waals surface area contributed by atoms with Crippen LogP contribution < -0.4 is 5.32 Å². The van der Waals surface area contributed by atoms with Gasteiger partial charge in [0.25, 0.3) is 0 Å². The minimum Gasteiger partial charge on any atom is -0.382 e. The van der Waals surface area contributed by atoms with Crippen molar-refractivity contribution in [2.24, 2.45) is 0 Å². The monoisotopic (exact) mass is 297 g/mol. The highest BCUT2D eigenvalue weighted by Gasteiger charge is 2.06. The summed E-state index contributed by atoms with van der Waals surface area (Å²) in [7, 11) is 0. The van der Waals surface area contributed by atoms with Gasteiger partial charge in [-0.25, -0.2) is 9.37 Å². The summed E-state index contributed by atoms with van der Waals surface area (Å²) in [5.41, 5.74) is 0.630. The van der Waals surface area contributed by atoms with E-state index in [0.717, 1.165) is 19.6 Å². The van der Waals surface area contributed by atoms with Crippen molar-refractivity contribution in [3.05, 3.63) is 41.4 Å². The van der Waals surface area contributed by atoms with E-state index >= 15 is 0 Å². The van der Waals surface area contributed by atoms with Gasteiger partial charge in [-0.2, -0.15) is 0 Å². The molecule has 0 spiro atoms. The minimum atomic E-state index is -0.361. The van der Waals surface area contributed by atoms with Crippen LogP contribution in [0.1, 0.15) is 13.3 Å². The Morgan fingerprint density at radius 1 is 1.45 bits per heavy atom. The van der Waals surface area contributed by atoms with Crippen LogP contribution in [-0.2, 0) is 11.3 Å². The first-order valence-electron chi connectivity index (χ1n) is 6.51. The van der Waals surface area contributed by atoms with E-state index in [1.165, 1.54) is 12.1 Å². The topological polar surface area (TPSA) is 39.1 Å². The Morgan fingerprint density at radius 3 is 3.05 bits per heavy atom. The Morgan fingerprint density at radius 2 is 2.30 bits per heavy atom. The van der Waals surface area contributed by atoms with Gasteiger partial charge in [0.15, 0.2) is 0 Å². The third-order valence-corrected chi connectivity index (χ3v) is 3.10. The number of aromatic nitrogens is 2. The molecule has 0 saturated carbocycles. The van der Waals surface area contributed by atoms with E-state index < -0.39 is 0 Å². The van der Waals surface area contributed by atoms with Crippen molar-refractivity contribution >= 4 is 23.2 Å². The number of nitrogens with one attached hydrogen (secondary N) is 1. The highest BCUT2D eigenvalue weighted by atomic mass is 35.5. The van der Waals surface area contributed by atoms with Crippen molar-refractivity contribution in [2.45, 2.75) is 19.9 Å². The van der Waals surface area contributed by atoms with Crippen molar-refractivity contribution in [1.82, 2.24) is 9.55 Å².